The number of carbonyl (C=O) groups is 1. The average molecular weight is 529 g/mol. The lowest BCUT2D eigenvalue weighted by atomic mass is 10.2. The van der Waals surface area contributed by atoms with Crippen molar-refractivity contribution in [1.82, 2.24) is 4.90 Å². The third-order valence-corrected chi connectivity index (χ3v) is 8.93. The van der Waals surface area contributed by atoms with E-state index in [1.807, 2.05) is 42.5 Å². The van der Waals surface area contributed by atoms with Crippen LogP contribution >= 0.6 is 39.5 Å². The minimum absolute atomic E-state index is 0.224. The standard InChI is InChI=1S/C24H21BrN2O3S2/c25-17-7-4-8-21-23(17)32-20-10-9-16(11-22(20)31-21)26-18-12-27(13-19(18)28)24(29)30-14-15-5-2-1-3-6-15/h1-11,18-19,26,28H,12-14H2/t18-,19-/m1/s1. The summed E-state index contributed by atoms with van der Waals surface area (Å²) in [6, 6.07) is 21.8. The van der Waals surface area contributed by atoms with E-state index in [9.17, 15) is 9.90 Å². The van der Waals surface area contributed by atoms with Crippen molar-refractivity contribution >= 4 is 51.2 Å². The van der Waals surface area contributed by atoms with Crippen molar-refractivity contribution in [3.63, 3.8) is 0 Å². The number of fused-ring (bicyclic) bond motifs is 2. The molecule has 0 aromatic heterocycles. The van der Waals surface area contributed by atoms with Crippen molar-refractivity contribution in [2.24, 2.45) is 0 Å². The van der Waals surface area contributed by atoms with Crippen LogP contribution in [0.2, 0.25) is 0 Å². The van der Waals surface area contributed by atoms with Gasteiger partial charge in [0.05, 0.1) is 18.7 Å². The summed E-state index contributed by atoms with van der Waals surface area (Å²) in [5, 5.41) is 13.9. The first kappa shape index (κ1) is 21.7. The van der Waals surface area contributed by atoms with Gasteiger partial charge in [0.15, 0.2) is 0 Å². The van der Waals surface area contributed by atoms with Gasteiger partial charge in [0.1, 0.15) is 6.61 Å². The fourth-order valence-corrected chi connectivity index (χ4v) is 6.79. The van der Waals surface area contributed by atoms with Gasteiger partial charge in [-0.05, 0) is 51.8 Å². The highest BCUT2D eigenvalue weighted by Crippen LogP contribution is 2.51. The molecule has 164 valence electrons. The van der Waals surface area contributed by atoms with E-state index in [0.29, 0.717) is 6.54 Å². The Balaban J connectivity index is 1.21. The molecule has 5 nitrogen and oxygen atoms in total. The monoisotopic (exact) mass is 528 g/mol. The van der Waals surface area contributed by atoms with E-state index in [2.05, 4.69) is 45.5 Å². The molecule has 5 rings (SSSR count). The van der Waals surface area contributed by atoms with Crippen molar-refractivity contribution in [2.45, 2.75) is 38.3 Å². The third kappa shape index (κ3) is 4.64. The highest BCUT2D eigenvalue weighted by molar-refractivity contribution is 9.10. The van der Waals surface area contributed by atoms with Crippen molar-refractivity contribution in [1.29, 1.82) is 0 Å². The lowest BCUT2D eigenvalue weighted by Crippen LogP contribution is -2.33. The maximum absolute atomic E-state index is 12.5. The summed E-state index contributed by atoms with van der Waals surface area (Å²) < 4.78 is 6.52. The van der Waals surface area contributed by atoms with E-state index in [1.165, 1.54) is 19.6 Å². The number of halogens is 1. The Morgan fingerprint density at radius 3 is 2.72 bits per heavy atom. The summed E-state index contributed by atoms with van der Waals surface area (Å²) in [7, 11) is 0. The molecule has 3 aromatic rings. The molecular formula is C24H21BrN2O3S2. The normalized spacial score (nSPS) is 19.2. The molecule has 2 heterocycles. The second-order valence-corrected chi connectivity index (χ2v) is 10.7. The second-order valence-electron chi connectivity index (χ2n) is 7.70. The molecule has 2 N–H and O–H groups in total. The Labute approximate surface area is 203 Å². The summed E-state index contributed by atoms with van der Waals surface area (Å²) in [4.78, 5) is 18.9. The summed E-state index contributed by atoms with van der Waals surface area (Å²) >= 11 is 7.13. The number of aliphatic hydroxyl groups is 1. The molecule has 3 aromatic carbocycles. The van der Waals surface area contributed by atoms with E-state index in [-0.39, 0.29) is 19.2 Å². The third-order valence-electron chi connectivity index (χ3n) is 5.41. The molecule has 0 radical (unpaired) electrons. The van der Waals surface area contributed by atoms with Gasteiger partial charge in [-0.25, -0.2) is 4.79 Å². The van der Waals surface area contributed by atoms with Gasteiger partial charge in [-0.15, -0.1) is 0 Å². The number of hydrogen-bond acceptors (Lipinski definition) is 6. The van der Waals surface area contributed by atoms with Crippen LogP contribution in [0.1, 0.15) is 5.56 Å². The highest BCUT2D eigenvalue weighted by Gasteiger charge is 2.35. The molecule has 1 saturated heterocycles. The fourth-order valence-electron chi connectivity index (χ4n) is 3.76. The largest absolute Gasteiger partial charge is 0.445 e. The number of benzene rings is 3. The predicted octanol–water partition coefficient (Wildman–Crippen LogP) is 5.86. The van der Waals surface area contributed by atoms with Crippen LogP contribution in [0, 0.1) is 0 Å². The van der Waals surface area contributed by atoms with E-state index < -0.39 is 12.2 Å². The number of rotatable bonds is 4. The number of carbonyl (C=O) groups excluding carboxylic acids is 1. The fraction of sp³-hybridized carbons (Fsp3) is 0.208. The average Bonchev–Trinajstić information content (AvgIpc) is 3.17. The quantitative estimate of drug-likeness (QED) is 0.346. The molecule has 2 atom stereocenters. The molecule has 0 spiro atoms. The van der Waals surface area contributed by atoms with Crippen molar-refractivity contribution in [2.75, 3.05) is 18.4 Å². The van der Waals surface area contributed by atoms with Crippen molar-refractivity contribution in [3.05, 3.63) is 76.8 Å². The zero-order valence-electron chi connectivity index (χ0n) is 17.0. The Morgan fingerprint density at radius 2 is 1.88 bits per heavy atom. The van der Waals surface area contributed by atoms with E-state index >= 15 is 0 Å². The molecule has 1 amide bonds. The van der Waals surface area contributed by atoms with Crippen LogP contribution in [0.25, 0.3) is 0 Å². The van der Waals surface area contributed by atoms with Crippen LogP contribution in [0.3, 0.4) is 0 Å². The number of ether oxygens (including phenoxy) is 1. The van der Waals surface area contributed by atoms with Crippen LogP contribution in [0.5, 0.6) is 0 Å². The SMILES string of the molecule is O=C(OCc1ccccc1)N1C[C@@H](O)[C@H](Nc2ccc3c(c2)Sc2cccc(Br)c2S3)C1. The maximum Gasteiger partial charge on any atom is 0.410 e. The number of anilines is 1. The topological polar surface area (TPSA) is 61.8 Å². The Morgan fingerprint density at radius 1 is 1.03 bits per heavy atom. The van der Waals surface area contributed by atoms with Gasteiger partial charge in [0, 0.05) is 36.3 Å². The first-order valence-electron chi connectivity index (χ1n) is 10.3. The first-order valence-corrected chi connectivity index (χ1v) is 12.7. The molecule has 2 aliphatic heterocycles. The molecule has 0 bridgehead atoms. The van der Waals surface area contributed by atoms with Crippen LogP contribution in [-0.4, -0.2) is 41.3 Å². The number of amides is 1. The molecule has 1 fully saturated rings. The Hall–Kier alpha value is -2.13. The molecule has 0 aliphatic carbocycles. The van der Waals surface area contributed by atoms with Crippen LogP contribution in [0.15, 0.2) is 90.8 Å². The van der Waals surface area contributed by atoms with Crippen molar-refractivity contribution < 1.29 is 14.6 Å². The molecular weight excluding hydrogens is 508 g/mol. The lowest BCUT2D eigenvalue weighted by molar-refractivity contribution is 0.0971. The molecule has 32 heavy (non-hydrogen) atoms. The highest BCUT2D eigenvalue weighted by atomic mass is 79.9. The van der Waals surface area contributed by atoms with Gasteiger partial charge < -0.3 is 20.1 Å². The Bertz CT molecular complexity index is 1150. The molecule has 2 aliphatic rings. The van der Waals surface area contributed by atoms with Crippen molar-refractivity contribution in [3.8, 4) is 0 Å². The minimum atomic E-state index is -0.658. The zero-order valence-corrected chi connectivity index (χ0v) is 20.3. The molecule has 0 unspecified atom stereocenters. The minimum Gasteiger partial charge on any atom is -0.445 e. The summed E-state index contributed by atoms with van der Waals surface area (Å²) in [5.41, 5.74) is 1.87. The van der Waals surface area contributed by atoms with Gasteiger partial charge in [-0.3, -0.25) is 0 Å². The number of β-amino-alcohol motifs (C(OH)–C–C–N with tert-alkyl or cyclic N) is 1. The molecule has 0 saturated carbocycles. The predicted molar refractivity (Wildman–Crippen MR) is 130 cm³/mol. The van der Waals surface area contributed by atoms with E-state index in [1.54, 1.807) is 28.4 Å². The summed E-state index contributed by atoms with van der Waals surface area (Å²) in [6.45, 7) is 0.868. The van der Waals surface area contributed by atoms with Gasteiger partial charge in [-0.2, -0.15) is 0 Å². The van der Waals surface area contributed by atoms with Gasteiger partial charge >= 0.3 is 6.09 Å². The first-order chi connectivity index (χ1) is 15.6. The van der Waals surface area contributed by atoms with Gasteiger partial charge in [0.25, 0.3) is 0 Å². The lowest BCUT2D eigenvalue weighted by Gasteiger charge is -2.22. The second kappa shape index (κ2) is 9.39. The summed E-state index contributed by atoms with van der Waals surface area (Å²) in [6.07, 6.45) is -1.06. The maximum atomic E-state index is 12.5. The van der Waals surface area contributed by atoms with E-state index in [0.717, 1.165) is 15.7 Å². The summed E-state index contributed by atoms with van der Waals surface area (Å²) in [5.74, 6) is 0. The number of aliphatic hydroxyl groups excluding tert-OH is 1. The van der Waals surface area contributed by atoms with Crippen LogP contribution < -0.4 is 5.32 Å². The zero-order chi connectivity index (χ0) is 22.1. The molecule has 8 heteroatoms. The smallest absolute Gasteiger partial charge is 0.410 e. The number of likely N-dealkylation sites (tertiary alicyclic amines) is 1. The van der Waals surface area contributed by atoms with E-state index in [4.69, 9.17) is 4.74 Å². The number of nitrogens with one attached hydrogen (secondary N) is 1. The van der Waals surface area contributed by atoms with Gasteiger partial charge in [-0.1, -0.05) is 59.9 Å². The van der Waals surface area contributed by atoms with Crippen LogP contribution in [0.4, 0.5) is 10.5 Å². The van der Waals surface area contributed by atoms with Gasteiger partial charge in [0.2, 0.25) is 0 Å². The van der Waals surface area contributed by atoms with Crippen LogP contribution in [-0.2, 0) is 11.3 Å². The number of nitrogens with zero attached hydrogens (tertiary/aromatic N) is 1. The number of hydrogen-bond donors (Lipinski definition) is 2. The Kier molecular flexibility index (Phi) is 6.37.